The summed E-state index contributed by atoms with van der Waals surface area (Å²) in [5, 5.41) is 1.02. The largest absolute Gasteiger partial charge is 0.328 e. The van der Waals surface area contributed by atoms with E-state index in [9.17, 15) is 8.42 Å². The van der Waals surface area contributed by atoms with E-state index in [1.165, 1.54) is 0 Å². The van der Waals surface area contributed by atoms with Crippen LogP contribution in [0.5, 0.6) is 0 Å². The van der Waals surface area contributed by atoms with Gasteiger partial charge in [0.25, 0.3) is 0 Å². The Morgan fingerprint density at radius 1 is 1.25 bits per heavy atom. The molecule has 2 N–H and O–H groups in total. The normalized spacial score (nSPS) is 17.8. The van der Waals surface area contributed by atoms with Crippen LogP contribution in [0.2, 0.25) is 0 Å². The molecule has 2 aromatic rings. The number of hydrogen-bond acceptors (Lipinski definition) is 5. The molecule has 3 rings (SSSR count). The van der Waals surface area contributed by atoms with Gasteiger partial charge in [-0.2, -0.15) is 4.31 Å². The third-order valence-electron chi connectivity index (χ3n) is 4.14. The summed E-state index contributed by atoms with van der Waals surface area (Å²) >= 11 is 1.57. The molecule has 5 nitrogen and oxygen atoms in total. The van der Waals surface area contributed by atoms with E-state index in [0.29, 0.717) is 18.0 Å². The number of benzene rings is 1. The third-order valence-corrected chi connectivity index (χ3v) is 7.48. The average molecular weight is 390 g/mol. The van der Waals surface area contributed by atoms with E-state index in [4.69, 9.17) is 5.73 Å². The Morgan fingerprint density at radius 2 is 1.88 bits per heavy atom. The molecule has 0 aliphatic carbocycles. The van der Waals surface area contributed by atoms with Gasteiger partial charge in [-0.25, -0.2) is 13.4 Å². The monoisotopic (exact) mass is 389 g/mol. The maximum Gasteiger partial charge on any atom is 0.243 e. The maximum atomic E-state index is 12.8. The summed E-state index contributed by atoms with van der Waals surface area (Å²) in [7, 11) is -3.45. The lowest BCUT2D eigenvalue weighted by Gasteiger charge is -2.29. The van der Waals surface area contributed by atoms with E-state index in [1.807, 2.05) is 6.07 Å². The van der Waals surface area contributed by atoms with Crippen molar-refractivity contribution in [3.05, 3.63) is 23.2 Å². The fourth-order valence-corrected chi connectivity index (χ4v) is 5.29. The Balaban J connectivity index is 0.00000208. The first kappa shape index (κ1) is 19.6. The van der Waals surface area contributed by atoms with Crippen molar-refractivity contribution in [2.24, 2.45) is 5.73 Å². The summed E-state index contributed by atoms with van der Waals surface area (Å²) < 4.78 is 28.1. The summed E-state index contributed by atoms with van der Waals surface area (Å²) in [6.45, 7) is 7.33. The summed E-state index contributed by atoms with van der Waals surface area (Å²) in [6, 6.07) is 5.34. The van der Waals surface area contributed by atoms with Crippen molar-refractivity contribution in [2.45, 2.75) is 50.0 Å². The van der Waals surface area contributed by atoms with Crippen LogP contribution < -0.4 is 5.73 Å². The van der Waals surface area contributed by atoms with Crippen LogP contribution in [0.1, 0.15) is 38.6 Å². The number of fused-ring (bicyclic) bond motifs is 1. The molecule has 0 bridgehead atoms. The second kappa shape index (κ2) is 6.88. The van der Waals surface area contributed by atoms with Gasteiger partial charge in [0.05, 0.1) is 20.1 Å². The van der Waals surface area contributed by atoms with Gasteiger partial charge in [0.1, 0.15) is 0 Å². The molecule has 1 fully saturated rings. The zero-order valence-corrected chi connectivity index (χ0v) is 16.6. The lowest BCUT2D eigenvalue weighted by Crippen LogP contribution is -2.42. The van der Waals surface area contributed by atoms with Crippen LogP contribution >= 0.6 is 23.7 Å². The van der Waals surface area contributed by atoms with Gasteiger partial charge in [-0.3, -0.25) is 0 Å². The van der Waals surface area contributed by atoms with Gasteiger partial charge in [-0.05, 0) is 31.0 Å². The van der Waals surface area contributed by atoms with Crippen molar-refractivity contribution in [2.75, 3.05) is 13.1 Å². The second-order valence-electron chi connectivity index (χ2n) is 7.14. The number of thiazole rings is 1. The highest BCUT2D eigenvalue weighted by Crippen LogP contribution is 2.33. The minimum atomic E-state index is -3.45. The van der Waals surface area contributed by atoms with Crippen molar-refractivity contribution >= 4 is 44.0 Å². The summed E-state index contributed by atoms with van der Waals surface area (Å²) in [5.74, 6) is 0. The van der Waals surface area contributed by atoms with Crippen LogP contribution in [0.15, 0.2) is 23.1 Å². The fourth-order valence-electron chi connectivity index (χ4n) is 2.65. The Morgan fingerprint density at radius 3 is 2.46 bits per heavy atom. The molecule has 0 spiro atoms. The molecule has 0 radical (unpaired) electrons. The number of hydrogen-bond donors (Lipinski definition) is 1. The zero-order valence-electron chi connectivity index (χ0n) is 14.2. The van der Waals surface area contributed by atoms with E-state index in [-0.39, 0.29) is 23.9 Å². The number of nitrogens with zero attached hydrogens (tertiary/aromatic N) is 2. The number of piperidine rings is 1. The van der Waals surface area contributed by atoms with Crippen molar-refractivity contribution < 1.29 is 8.42 Å². The lowest BCUT2D eigenvalue weighted by atomic mass is 9.98. The van der Waals surface area contributed by atoms with Crippen LogP contribution in [0, 0.1) is 0 Å². The molecule has 0 amide bonds. The maximum absolute atomic E-state index is 12.8. The quantitative estimate of drug-likeness (QED) is 0.855. The van der Waals surface area contributed by atoms with Crippen LogP contribution in [-0.4, -0.2) is 36.8 Å². The predicted octanol–water partition coefficient (Wildman–Crippen LogP) is 3.13. The molecule has 1 aliphatic heterocycles. The Bertz CT molecular complexity index is 819. The molecule has 1 aliphatic rings. The summed E-state index contributed by atoms with van der Waals surface area (Å²) in [4.78, 5) is 4.97. The van der Waals surface area contributed by atoms with Crippen molar-refractivity contribution in [3.8, 4) is 0 Å². The standard InChI is InChI=1S/C16H23N3O2S2.ClH/c1-16(2,3)15-18-13-5-4-12(10-14(13)22-15)23(20,21)19-8-6-11(17)7-9-19;/h4-5,10-11H,6-9,17H2,1-3H3;1H. The highest BCUT2D eigenvalue weighted by atomic mass is 35.5. The first-order chi connectivity index (χ1) is 10.7. The molecule has 134 valence electrons. The molecule has 1 aromatic carbocycles. The van der Waals surface area contributed by atoms with Crippen molar-refractivity contribution in [3.63, 3.8) is 0 Å². The molecule has 0 unspecified atom stereocenters. The van der Waals surface area contributed by atoms with Crippen LogP contribution in [0.25, 0.3) is 10.2 Å². The van der Waals surface area contributed by atoms with Gasteiger partial charge in [0.2, 0.25) is 10.0 Å². The second-order valence-corrected chi connectivity index (χ2v) is 10.1. The highest BCUT2D eigenvalue weighted by molar-refractivity contribution is 7.89. The van der Waals surface area contributed by atoms with Gasteiger partial charge in [0, 0.05) is 24.5 Å². The number of sulfonamides is 1. The molecule has 2 heterocycles. The molecule has 1 aromatic heterocycles. The third kappa shape index (κ3) is 3.75. The molecule has 24 heavy (non-hydrogen) atoms. The van der Waals surface area contributed by atoms with E-state index < -0.39 is 10.0 Å². The van der Waals surface area contributed by atoms with Gasteiger partial charge < -0.3 is 5.73 Å². The van der Waals surface area contributed by atoms with E-state index in [0.717, 1.165) is 28.1 Å². The number of halogens is 1. The fraction of sp³-hybridized carbons (Fsp3) is 0.562. The summed E-state index contributed by atoms with van der Waals surface area (Å²) in [5.41, 5.74) is 6.69. The van der Waals surface area contributed by atoms with Gasteiger partial charge in [-0.1, -0.05) is 20.8 Å². The number of aromatic nitrogens is 1. The average Bonchev–Trinajstić information content (AvgIpc) is 2.91. The van der Waals surface area contributed by atoms with Crippen molar-refractivity contribution in [1.29, 1.82) is 0 Å². The molecule has 1 saturated heterocycles. The molecule has 8 heteroatoms. The lowest BCUT2D eigenvalue weighted by molar-refractivity contribution is 0.320. The first-order valence-electron chi connectivity index (χ1n) is 7.85. The summed E-state index contributed by atoms with van der Waals surface area (Å²) in [6.07, 6.45) is 1.44. The molecule has 0 saturated carbocycles. The molecule has 0 atom stereocenters. The van der Waals surface area contributed by atoms with Gasteiger partial charge in [0.15, 0.2) is 0 Å². The topological polar surface area (TPSA) is 76.3 Å². The molecular weight excluding hydrogens is 366 g/mol. The SMILES string of the molecule is CC(C)(C)c1nc2ccc(S(=O)(=O)N3CCC(N)CC3)cc2s1.Cl. The van der Waals surface area contributed by atoms with Crippen LogP contribution in [0.3, 0.4) is 0 Å². The smallest absolute Gasteiger partial charge is 0.243 e. The van der Waals surface area contributed by atoms with E-state index in [2.05, 4.69) is 25.8 Å². The van der Waals surface area contributed by atoms with E-state index in [1.54, 1.807) is 27.8 Å². The number of rotatable bonds is 2. The zero-order chi connectivity index (χ0) is 16.8. The minimum absolute atomic E-state index is 0. The first-order valence-corrected chi connectivity index (χ1v) is 10.1. The van der Waals surface area contributed by atoms with E-state index >= 15 is 0 Å². The predicted molar refractivity (Wildman–Crippen MR) is 102 cm³/mol. The number of nitrogens with two attached hydrogens (primary N) is 1. The Hall–Kier alpha value is -0.730. The van der Waals surface area contributed by atoms with Crippen LogP contribution in [0.4, 0.5) is 0 Å². The Labute approximate surface area is 153 Å². The highest BCUT2D eigenvalue weighted by Gasteiger charge is 2.29. The Kier molecular flexibility index (Phi) is 5.62. The van der Waals surface area contributed by atoms with Crippen LogP contribution in [-0.2, 0) is 15.4 Å². The van der Waals surface area contributed by atoms with Gasteiger partial charge in [-0.15, -0.1) is 23.7 Å². The molecular formula is C16H24ClN3O2S2. The van der Waals surface area contributed by atoms with Gasteiger partial charge >= 0.3 is 0 Å². The van der Waals surface area contributed by atoms with Crippen molar-refractivity contribution in [1.82, 2.24) is 9.29 Å². The minimum Gasteiger partial charge on any atom is -0.328 e.